The minimum Gasteiger partial charge on any atom is -0.316 e. The zero-order valence-electron chi connectivity index (χ0n) is 36.1. The number of hydrogen-bond acceptors (Lipinski definition) is 0. The van der Waals surface area contributed by atoms with Crippen molar-refractivity contribution in [2.75, 3.05) is 0 Å². The lowest BCUT2D eigenvalue weighted by Crippen LogP contribution is -1.96. The molecule has 0 unspecified atom stereocenters. The first-order valence-electron chi connectivity index (χ1n) is 22.4. The number of hydrogen-bond donors (Lipinski definition) is 0. The van der Waals surface area contributed by atoms with Crippen molar-refractivity contribution in [3.63, 3.8) is 0 Å². The van der Waals surface area contributed by atoms with Gasteiger partial charge in [0.1, 0.15) is 0 Å². The van der Waals surface area contributed by atoms with Crippen LogP contribution in [0.3, 0.4) is 0 Å². The molecule has 2 heteroatoms. The first-order valence-corrected chi connectivity index (χ1v) is 22.4. The van der Waals surface area contributed by atoms with Gasteiger partial charge in [-0.25, -0.2) is 0 Å². The molecule has 0 fully saturated rings. The van der Waals surface area contributed by atoms with Crippen molar-refractivity contribution < 1.29 is 0 Å². The molecule has 0 aliphatic heterocycles. The van der Waals surface area contributed by atoms with Crippen molar-refractivity contribution >= 4 is 81.7 Å². The highest BCUT2D eigenvalue weighted by molar-refractivity contribution is 6.32. The third-order valence-electron chi connectivity index (χ3n) is 13.2. The van der Waals surface area contributed by atoms with Crippen LogP contribution in [-0.4, -0.2) is 9.13 Å². The molecule has 0 atom stereocenters. The largest absolute Gasteiger partial charge is 0.316 e. The first kappa shape index (κ1) is 38.2. The van der Waals surface area contributed by atoms with E-state index in [0.717, 1.165) is 28.0 Å². The Labute approximate surface area is 378 Å². The van der Waals surface area contributed by atoms with E-state index in [1.54, 1.807) is 0 Å². The van der Waals surface area contributed by atoms with Gasteiger partial charge in [-0.15, -0.1) is 0 Å². The summed E-state index contributed by atoms with van der Waals surface area (Å²) in [7, 11) is 0. The monoisotopic (exact) mass is 828 g/mol. The van der Waals surface area contributed by atoms with Gasteiger partial charge >= 0.3 is 0 Å². The SMILES string of the molecule is C=C(/C=C(\C=C(/C)c1ccccc1)c1ccc(-n2c3ccc(-c4ccc5c(ccn5-c5cccc6ccccc56)c4)cc3c3c4ccccc4c4ccccc4c32)cc1)c1ccccc1. The average Bonchev–Trinajstić information content (AvgIpc) is 3.96. The number of benzene rings is 10. The summed E-state index contributed by atoms with van der Waals surface area (Å²) in [5.74, 6) is 0. The molecule has 0 saturated heterocycles. The lowest BCUT2D eigenvalue weighted by atomic mass is 9.95. The van der Waals surface area contributed by atoms with E-state index in [4.69, 9.17) is 0 Å². The molecular formula is C63H44N2. The molecule has 2 heterocycles. The number of aromatic nitrogens is 2. The van der Waals surface area contributed by atoms with E-state index in [-0.39, 0.29) is 0 Å². The van der Waals surface area contributed by atoms with Gasteiger partial charge < -0.3 is 9.13 Å². The third kappa shape index (κ3) is 6.58. The Morgan fingerprint density at radius 3 is 1.78 bits per heavy atom. The highest BCUT2D eigenvalue weighted by Crippen LogP contribution is 2.44. The molecule has 0 N–H and O–H groups in total. The van der Waals surface area contributed by atoms with E-state index in [0.29, 0.717) is 0 Å². The van der Waals surface area contributed by atoms with E-state index >= 15 is 0 Å². The number of allylic oxidation sites excluding steroid dienone is 5. The number of rotatable bonds is 8. The van der Waals surface area contributed by atoms with Crippen LogP contribution in [0, 0.1) is 0 Å². The smallest absolute Gasteiger partial charge is 0.0625 e. The Kier molecular flexibility index (Phi) is 9.24. The summed E-state index contributed by atoms with van der Waals surface area (Å²) in [6.07, 6.45) is 6.71. The number of nitrogens with zero attached hydrogens (tertiary/aromatic N) is 2. The van der Waals surface area contributed by atoms with Gasteiger partial charge in [-0.2, -0.15) is 0 Å². The highest BCUT2D eigenvalue weighted by Gasteiger charge is 2.20. The van der Waals surface area contributed by atoms with Gasteiger partial charge in [0.2, 0.25) is 0 Å². The van der Waals surface area contributed by atoms with E-state index in [1.165, 1.54) is 93.0 Å². The molecule has 0 aliphatic rings. The molecule has 12 rings (SSSR count). The van der Waals surface area contributed by atoms with E-state index < -0.39 is 0 Å². The summed E-state index contributed by atoms with van der Waals surface area (Å²) in [4.78, 5) is 0. The molecule has 65 heavy (non-hydrogen) atoms. The summed E-state index contributed by atoms with van der Waals surface area (Å²) in [5.41, 5.74) is 15.0. The van der Waals surface area contributed by atoms with Gasteiger partial charge in [0.15, 0.2) is 0 Å². The molecule has 0 amide bonds. The molecule has 306 valence electrons. The topological polar surface area (TPSA) is 9.86 Å². The molecule has 10 aromatic carbocycles. The van der Waals surface area contributed by atoms with Crippen LogP contribution in [0.2, 0.25) is 0 Å². The van der Waals surface area contributed by atoms with Crippen molar-refractivity contribution in [3.8, 4) is 22.5 Å². The van der Waals surface area contributed by atoms with Gasteiger partial charge in [-0.1, -0.05) is 183 Å². The fraction of sp³-hybridized carbons (Fsp3) is 0.0159. The fourth-order valence-corrected chi connectivity index (χ4v) is 10.0. The lowest BCUT2D eigenvalue weighted by Gasteiger charge is -2.14. The zero-order chi connectivity index (χ0) is 43.4. The quantitative estimate of drug-likeness (QED) is 0.107. The van der Waals surface area contributed by atoms with Gasteiger partial charge in [-0.05, 0) is 128 Å². The van der Waals surface area contributed by atoms with Crippen molar-refractivity contribution in [2.45, 2.75) is 6.92 Å². The maximum absolute atomic E-state index is 4.51. The van der Waals surface area contributed by atoms with Crippen LogP contribution in [0.1, 0.15) is 23.6 Å². The predicted octanol–water partition coefficient (Wildman–Crippen LogP) is 17.1. The highest BCUT2D eigenvalue weighted by atomic mass is 15.0. The van der Waals surface area contributed by atoms with Crippen LogP contribution in [-0.2, 0) is 0 Å². The van der Waals surface area contributed by atoms with E-state index in [1.807, 2.05) is 6.07 Å². The summed E-state index contributed by atoms with van der Waals surface area (Å²) in [6, 6.07) is 79.3. The van der Waals surface area contributed by atoms with Gasteiger partial charge in [0.05, 0.1) is 22.2 Å². The molecule has 12 aromatic rings. The van der Waals surface area contributed by atoms with Crippen molar-refractivity contribution in [1.82, 2.24) is 9.13 Å². The van der Waals surface area contributed by atoms with Crippen molar-refractivity contribution in [1.29, 1.82) is 0 Å². The molecule has 0 bridgehead atoms. The van der Waals surface area contributed by atoms with Crippen LogP contribution in [0.15, 0.2) is 243 Å². The zero-order valence-corrected chi connectivity index (χ0v) is 36.1. The molecule has 2 aromatic heterocycles. The Hall–Kier alpha value is -8.46. The van der Waals surface area contributed by atoms with Crippen LogP contribution < -0.4 is 0 Å². The molecule has 0 spiro atoms. The second kappa shape index (κ2) is 15.7. The second-order valence-corrected chi connectivity index (χ2v) is 17.1. The molecule has 0 aliphatic carbocycles. The standard InChI is InChI=1S/C63H44N2/c1-42(44-16-5-3-6-17-44)38-51(39-43(2)45-18-7-4-8-19-45)46-28-32-52(33-29-46)65-61-35-31-49(41-58(61)62-56-25-13-11-23-54(56)55-24-12-14-26-57(55)63(62)65)48-30-34-59-50(40-48)36-37-64(59)60-27-15-21-47-20-9-10-22-53(47)60/h3-41H,1H2,2H3/b43-39+,51-38+. The summed E-state index contributed by atoms with van der Waals surface area (Å²) >= 11 is 0. The normalized spacial score (nSPS) is 12.3. The van der Waals surface area contributed by atoms with Crippen molar-refractivity contribution in [3.05, 3.63) is 260 Å². The van der Waals surface area contributed by atoms with E-state index in [2.05, 4.69) is 253 Å². The van der Waals surface area contributed by atoms with E-state index in [9.17, 15) is 0 Å². The van der Waals surface area contributed by atoms with Gasteiger partial charge in [0.25, 0.3) is 0 Å². The Balaban J connectivity index is 1.02. The summed E-state index contributed by atoms with van der Waals surface area (Å²) in [6.45, 7) is 6.69. The Morgan fingerprint density at radius 1 is 0.431 bits per heavy atom. The van der Waals surface area contributed by atoms with Crippen LogP contribution in [0.25, 0.3) is 104 Å². The third-order valence-corrected chi connectivity index (χ3v) is 13.2. The van der Waals surface area contributed by atoms with Crippen molar-refractivity contribution in [2.24, 2.45) is 0 Å². The minimum atomic E-state index is 0.972. The maximum atomic E-state index is 4.51. The first-order chi connectivity index (χ1) is 32.1. The van der Waals surface area contributed by atoms with Gasteiger partial charge in [-0.3, -0.25) is 0 Å². The summed E-state index contributed by atoms with van der Waals surface area (Å²) < 4.78 is 4.80. The lowest BCUT2D eigenvalue weighted by molar-refractivity contribution is 1.14. The van der Waals surface area contributed by atoms with Crippen LogP contribution >= 0.6 is 0 Å². The van der Waals surface area contributed by atoms with Crippen LogP contribution in [0.5, 0.6) is 0 Å². The second-order valence-electron chi connectivity index (χ2n) is 17.1. The Morgan fingerprint density at radius 2 is 1.03 bits per heavy atom. The predicted molar refractivity (Wildman–Crippen MR) is 279 cm³/mol. The molecule has 0 radical (unpaired) electrons. The Bertz CT molecular complexity index is 3870. The number of fused-ring (bicyclic) bond motifs is 10. The molecular weight excluding hydrogens is 785 g/mol. The van der Waals surface area contributed by atoms with Crippen LogP contribution in [0.4, 0.5) is 0 Å². The summed E-state index contributed by atoms with van der Waals surface area (Å²) in [5, 5.41) is 11.2. The average molecular weight is 829 g/mol. The maximum Gasteiger partial charge on any atom is 0.0625 e. The molecule has 0 saturated carbocycles. The van der Waals surface area contributed by atoms with Gasteiger partial charge in [0, 0.05) is 38.8 Å². The fourth-order valence-electron chi connectivity index (χ4n) is 10.0. The molecule has 2 nitrogen and oxygen atoms in total. The minimum absolute atomic E-state index is 0.972.